The molecule has 0 saturated carbocycles. The van der Waals surface area contributed by atoms with E-state index < -0.39 is 141 Å². The fourth-order valence-corrected chi connectivity index (χ4v) is 6.32. The van der Waals surface area contributed by atoms with Crippen molar-refractivity contribution in [2.75, 3.05) is 19.8 Å². The number of phenols is 3. The first kappa shape index (κ1) is 42.9. The van der Waals surface area contributed by atoms with Crippen molar-refractivity contribution in [1.29, 1.82) is 0 Å². The molecular formula is C35H41O23+. The summed E-state index contributed by atoms with van der Waals surface area (Å²) in [6.07, 6.45) is -26.1. The van der Waals surface area contributed by atoms with Crippen LogP contribution < -0.4 is 9.47 Å². The van der Waals surface area contributed by atoms with Gasteiger partial charge in [-0.15, -0.1) is 0 Å². The highest BCUT2D eigenvalue weighted by atomic mass is 16.8. The van der Waals surface area contributed by atoms with Gasteiger partial charge >= 0.3 is 23.3 Å². The van der Waals surface area contributed by atoms with Crippen molar-refractivity contribution in [2.24, 2.45) is 0 Å². The van der Waals surface area contributed by atoms with E-state index >= 15 is 0 Å². The Morgan fingerprint density at radius 2 is 1.40 bits per heavy atom. The van der Waals surface area contributed by atoms with Gasteiger partial charge in [0.15, 0.2) is 23.9 Å². The zero-order chi connectivity index (χ0) is 42.2. The van der Waals surface area contributed by atoms with E-state index in [2.05, 4.69) is 0 Å². The molecule has 2 aromatic carbocycles. The highest BCUT2D eigenvalue weighted by molar-refractivity contribution is 5.90. The molecule has 14 atom stereocenters. The van der Waals surface area contributed by atoms with Gasteiger partial charge in [-0.3, -0.25) is 9.59 Å². The van der Waals surface area contributed by atoms with Crippen LogP contribution in [0.25, 0.3) is 22.3 Å². The van der Waals surface area contributed by atoms with Gasteiger partial charge in [-0.25, -0.2) is 4.42 Å². The van der Waals surface area contributed by atoms with Crippen molar-refractivity contribution in [3.63, 3.8) is 0 Å². The van der Waals surface area contributed by atoms with Crippen LogP contribution in [-0.2, 0) is 33.3 Å². The number of benzene rings is 2. The van der Waals surface area contributed by atoms with Gasteiger partial charge in [0.1, 0.15) is 91.0 Å². The Morgan fingerprint density at radius 3 is 2.09 bits per heavy atom. The molecule has 318 valence electrons. The second kappa shape index (κ2) is 17.6. The van der Waals surface area contributed by atoms with Gasteiger partial charge in [0.05, 0.1) is 24.8 Å². The largest absolute Gasteiger partial charge is 0.507 e. The third kappa shape index (κ3) is 8.96. The summed E-state index contributed by atoms with van der Waals surface area (Å²) in [6, 6.07) is 6.72. The number of hydrogen-bond donors (Lipinski definition) is 13. The van der Waals surface area contributed by atoms with Crippen molar-refractivity contribution < 1.29 is 114 Å². The highest BCUT2D eigenvalue weighted by Crippen LogP contribution is 2.43. The van der Waals surface area contributed by atoms with E-state index in [9.17, 15) is 70.9 Å². The van der Waals surface area contributed by atoms with Crippen LogP contribution in [0.1, 0.15) is 6.42 Å². The Morgan fingerprint density at radius 1 is 0.724 bits per heavy atom. The monoisotopic (exact) mass is 829 g/mol. The van der Waals surface area contributed by atoms with E-state index in [1.54, 1.807) is 0 Å². The Bertz CT molecular complexity index is 1940. The minimum absolute atomic E-state index is 0.0113. The Hall–Kier alpha value is -4.73. The van der Waals surface area contributed by atoms with Gasteiger partial charge < -0.3 is 99.5 Å². The summed E-state index contributed by atoms with van der Waals surface area (Å²) in [6.45, 7) is -2.16. The number of carboxylic acids is 1. The molecule has 23 heteroatoms. The minimum Gasteiger partial charge on any atom is -0.507 e. The summed E-state index contributed by atoms with van der Waals surface area (Å²) >= 11 is 0. The molecule has 3 fully saturated rings. The molecule has 13 N–H and O–H groups in total. The van der Waals surface area contributed by atoms with Crippen LogP contribution in [0.2, 0.25) is 0 Å². The number of carbonyl (C=O) groups excluding carboxylic acids is 1. The molecule has 58 heavy (non-hydrogen) atoms. The number of phenolic OH excluding ortho intramolecular Hbond substituents is 3. The zero-order valence-corrected chi connectivity index (χ0v) is 29.8. The molecule has 6 rings (SSSR count). The van der Waals surface area contributed by atoms with Gasteiger partial charge in [0.2, 0.25) is 18.3 Å². The summed E-state index contributed by atoms with van der Waals surface area (Å²) in [5.74, 6) is -5.35. The number of hydrogen-bond acceptors (Lipinski definition) is 21. The maximum Gasteiger partial charge on any atom is 0.402 e. The average Bonchev–Trinajstić information content (AvgIpc) is 3.17. The molecule has 0 spiro atoms. The third-order valence-electron chi connectivity index (χ3n) is 9.47. The molecule has 1 aromatic heterocycles. The molecule has 0 aliphatic carbocycles. The Labute approximate surface area is 325 Å². The average molecular weight is 830 g/mol. The molecule has 0 radical (unpaired) electrons. The maximum atomic E-state index is 11.8. The van der Waals surface area contributed by atoms with Crippen LogP contribution in [0.4, 0.5) is 0 Å². The first-order valence-corrected chi connectivity index (χ1v) is 17.5. The normalized spacial score (nSPS) is 34.0. The van der Waals surface area contributed by atoms with E-state index in [1.807, 2.05) is 0 Å². The first-order chi connectivity index (χ1) is 27.5. The van der Waals surface area contributed by atoms with Crippen molar-refractivity contribution in [3.8, 4) is 40.1 Å². The van der Waals surface area contributed by atoms with Crippen LogP contribution in [0.3, 0.4) is 0 Å². The zero-order valence-electron chi connectivity index (χ0n) is 29.8. The number of carboxylic acid groups (broad SMARTS) is 1. The topological polar surface area (TPSA) is 373 Å². The van der Waals surface area contributed by atoms with E-state index in [0.29, 0.717) is 0 Å². The molecule has 3 saturated heterocycles. The number of rotatable bonds is 12. The van der Waals surface area contributed by atoms with Crippen molar-refractivity contribution in [3.05, 3.63) is 36.4 Å². The second-order valence-corrected chi connectivity index (χ2v) is 13.6. The molecule has 0 amide bonds. The summed E-state index contributed by atoms with van der Waals surface area (Å²) in [4.78, 5) is 22.7. The molecule has 23 nitrogen and oxygen atoms in total. The lowest BCUT2D eigenvalue weighted by atomic mass is 9.98. The molecule has 3 aliphatic rings. The molecule has 0 unspecified atom stereocenters. The van der Waals surface area contributed by atoms with Gasteiger partial charge in [0, 0.05) is 18.2 Å². The lowest BCUT2D eigenvalue weighted by Gasteiger charge is -2.44. The van der Waals surface area contributed by atoms with Gasteiger partial charge in [-0.05, 0) is 12.1 Å². The lowest BCUT2D eigenvalue weighted by molar-refractivity contribution is -0.344. The van der Waals surface area contributed by atoms with E-state index in [4.69, 9.17) is 42.7 Å². The smallest absolute Gasteiger partial charge is 0.402 e. The Kier molecular flexibility index (Phi) is 13.0. The predicted octanol–water partition coefficient (Wildman–Crippen LogP) is -3.66. The third-order valence-corrected chi connectivity index (χ3v) is 9.47. The number of ether oxygens (including phenoxy) is 7. The number of esters is 1. The minimum atomic E-state index is -1.99. The van der Waals surface area contributed by atoms with Crippen LogP contribution in [0, 0.1) is 0 Å². The van der Waals surface area contributed by atoms with Crippen LogP contribution in [0.15, 0.2) is 40.8 Å². The van der Waals surface area contributed by atoms with E-state index in [0.717, 1.165) is 24.3 Å². The quantitative estimate of drug-likeness (QED) is 0.0362. The summed E-state index contributed by atoms with van der Waals surface area (Å²) in [7, 11) is 0. The number of aliphatic carboxylic acids is 1. The fraction of sp³-hybridized carbons (Fsp3) is 0.514. The van der Waals surface area contributed by atoms with Crippen molar-refractivity contribution in [2.45, 2.75) is 92.4 Å². The summed E-state index contributed by atoms with van der Waals surface area (Å²) in [5, 5.41) is 134. The number of aliphatic hydroxyl groups excluding tert-OH is 9. The number of fused-ring (bicyclic) bond motifs is 1. The number of carbonyl (C=O) groups is 2. The van der Waals surface area contributed by atoms with Gasteiger partial charge in [0.25, 0.3) is 0 Å². The highest BCUT2D eigenvalue weighted by Gasteiger charge is 2.51. The Balaban J connectivity index is 1.39. The SMILES string of the molecule is O=C(O)CC(=O)OC[C@H]1O[C@@H](Oc2cc(O)cc3[o+]c(-c4ccc(O)c(O)c4)c(O[C@@H]4O[C@H](CO)[C@@H](O)[C@@H](O)[C@@H]4O[C@H]4OC[C@@H](O)[C@@H](O)[C@H]4O)cc23)[C@@H](O)[C@@H](O)[C@@H]1O. The maximum absolute atomic E-state index is 11.8. The van der Waals surface area contributed by atoms with Crippen LogP contribution in [-0.4, -0.2) is 184 Å². The fourth-order valence-electron chi connectivity index (χ4n) is 6.32. The van der Waals surface area contributed by atoms with Crippen molar-refractivity contribution >= 4 is 22.9 Å². The van der Waals surface area contributed by atoms with Crippen molar-refractivity contribution in [1.82, 2.24) is 0 Å². The summed E-state index contributed by atoms with van der Waals surface area (Å²) < 4.78 is 45.3. The van der Waals surface area contributed by atoms with E-state index in [1.165, 1.54) is 12.1 Å². The van der Waals surface area contributed by atoms with Gasteiger partial charge in [-0.1, -0.05) is 0 Å². The lowest BCUT2D eigenvalue weighted by Crippen LogP contribution is -2.63. The molecule has 3 aromatic rings. The molecule has 4 heterocycles. The molecule has 3 aliphatic heterocycles. The second-order valence-electron chi connectivity index (χ2n) is 13.6. The first-order valence-electron chi connectivity index (χ1n) is 17.5. The predicted molar refractivity (Wildman–Crippen MR) is 183 cm³/mol. The van der Waals surface area contributed by atoms with Crippen LogP contribution >= 0.6 is 0 Å². The van der Waals surface area contributed by atoms with Crippen LogP contribution in [0.5, 0.6) is 28.7 Å². The number of aromatic hydroxyl groups is 3. The molecular weight excluding hydrogens is 788 g/mol. The van der Waals surface area contributed by atoms with E-state index in [-0.39, 0.29) is 33.8 Å². The van der Waals surface area contributed by atoms with Gasteiger partial charge in [-0.2, -0.15) is 0 Å². The molecule has 0 bridgehead atoms. The number of aliphatic hydroxyl groups is 9. The summed E-state index contributed by atoms with van der Waals surface area (Å²) in [5.41, 5.74) is -0.181. The standard InChI is InChI=1S/C35H40O23/c36-8-20-25(45)28(48)32(58-33-29(49)24(44)16(40)9-52-33)35(56-20)55-19-6-13-17(53-31(19)11-1-2-14(38)15(39)3-11)4-12(37)5-18(13)54-34-30(50)27(47)26(46)21(57-34)10-51-23(43)7-22(41)42/h1-6,16,20-21,24-30,32-36,40,44-50H,7-10H2,(H3-,37,38,39,41,42)/p+1/t16-,20-,21-,24-,25-,26-,27+,28-,29-,30+,32+,33-,34-,35-/m1/s1.